The molecule has 1 atom stereocenters. The first kappa shape index (κ1) is 12.3. The monoisotopic (exact) mass is 209 g/mol. The van der Waals surface area contributed by atoms with Crippen LogP contribution in [-0.2, 0) is 13.5 Å². The normalized spacial score (nSPS) is 13.4. The molecule has 0 spiro atoms. The van der Waals surface area contributed by atoms with E-state index in [2.05, 4.69) is 41.8 Å². The minimum atomic E-state index is 0.243. The fourth-order valence-corrected chi connectivity index (χ4v) is 1.86. The Morgan fingerprint density at radius 1 is 1.40 bits per heavy atom. The molecule has 0 saturated heterocycles. The molecule has 0 fully saturated rings. The average Bonchev–Trinajstić information content (AvgIpc) is 2.60. The Labute approximate surface area is 92.9 Å². The number of nitrogens with zero attached hydrogens (tertiary/aromatic N) is 2. The summed E-state index contributed by atoms with van der Waals surface area (Å²) in [6, 6.07) is 2.38. The van der Waals surface area contributed by atoms with Crippen LogP contribution in [0.1, 0.15) is 19.4 Å². The Hall–Kier alpha value is -0.800. The van der Waals surface area contributed by atoms with Crippen LogP contribution in [0.3, 0.4) is 0 Å². The van der Waals surface area contributed by atoms with E-state index in [0.29, 0.717) is 0 Å². The summed E-state index contributed by atoms with van der Waals surface area (Å²) in [6.07, 6.45) is 5.18. The molecule has 0 aliphatic heterocycles. The van der Waals surface area contributed by atoms with Crippen molar-refractivity contribution in [3.05, 3.63) is 24.0 Å². The number of hydrogen-bond acceptors (Lipinski definition) is 2. The maximum absolute atomic E-state index is 6.12. The van der Waals surface area contributed by atoms with E-state index in [1.54, 1.807) is 0 Å². The van der Waals surface area contributed by atoms with E-state index in [1.165, 1.54) is 5.56 Å². The van der Waals surface area contributed by atoms with Gasteiger partial charge >= 0.3 is 0 Å². The van der Waals surface area contributed by atoms with Gasteiger partial charge in [0.15, 0.2) is 0 Å². The third-order valence-corrected chi connectivity index (χ3v) is 2.78. The lowest BCUT2D eigenvalue weighted by Gasteiger charge is -2.22. The van der Waals surface area contributed by atoms with Crippen LogP contribution in [0.15, 0.2) is 18.5 Å². The van der Waals surface area contributed by atoms with Crippen molar-refractivity contribution in [2.45, 2.75) is 26.3 Å². The molecule has 1 aromatic rings. The predicted molar refractivity (Wildman–Crippen MR) is 64.9 cm³/mol. The molecule has 1 heterocycles. The lowest BCUT2D eigenvalue weighted by molar-refractivity contribution is 0.282. The molecule has 1 aromatic heterocycles. The Bertz CT molecular complexity index is 276. The van der Waals surface area contributed by atoms with Crippen molar-refractivity contribution in [2.75, 3.05) is 19.6 Å². The number of aryl methyl sites for hydroxylation is 1. The first-order chi connectivity index (χ1) is 7.15. The molecule has 0 aliphatic carbocycles. The van der Waals surface area contributed by atoms with Gasteiger partial charge in [0.05, 0.1) is 0 Å². The lowest BCUT2D eigenvalue weighted by atomic mass is 10.1. The smallest absolute Gasteiger partial charge is 0.0209 e. The minimum absolute atomic E-state index is 0.243. The van der Waals surface area contributed by atoms with Crippen molar-refractivity contribution in [2.24, 2.45) is 12.8 Å². The van der Waals surface area contributed by atoms with Gasteiger partial charge in [0.25, 0.3) is 0 Å². The van der Waals surface area contributed by atoms with Gasteiger partial charge in [-0.3, -0.25) is 0 Å². The summed E-state index contributed by atoms with van der Waals surface area (Å²) in [5.41, 5.74) is 7.45. The predicted octanol–water partition coefficient (Wildman–Crippen LogP) is 1.24. The number of likely N-dealkylation sites (N-methyl/N-ethyl adjacent to an activating group) is 1. The average molecular weight is 209 g/mol. The molecular weight excluding hydrogens is 186 g/mol. The molecule has 15 heavy (non-hydrogen) atoms. The molecule has 1 rings (SSSR count). The van der Waals surface area contributed by atoms with Crippen molar-refractivity contribution in [1.29, 1.82) is 0 Å². The minimum Gasteiger partial charge on any atom is -0.357 e. The molecule has 86 valence electrons. The standard InChI is InChI=1S/C12H23N3/c1-4-15(5-2)10-12(13)8-11-6-7-14(3)9-11/h6-7,9,12H,4-5,8,10,13H2,1-3H3. The highest BCUT2D eigenvalue weighted by atomic mass is 15.1. The number of aromatic nitrogens is 1. The molecule has 0 aromatic carbocycles. The van der Waals surface area contributed by atoms with Crippen LogP contribution in [0, 0.1) is 0 Å². The van der Waals surface area contributed by atoms with E-state index in [1.807, 2.05) is 7.05 Å². The molecular formula is C12H23N3. The highest BCUT2D eigenvalue weighted by Crippen LogP contribution is 2.03. The molecule has 2 N–H and O–H groups in total. The number of nitrogens with two attached hydrogens (primary N) is 1. The van der Waals surface area contributed by atoms with Crippen molar-refractivity contribution in [3.63, 3.8) is 0 Å². The topological polar surface area (TPSA) is 34.2 Å². The number of rotatable bonds is 6. The van der Waals surface area contributed by atoms with Crippen molar-refractivity contribution in [3.8, 4) is 0 Å². The summed E-state index contributed by atoms with van der Waals surface area (Å²) in [7, 11) is 2.04. The third-order valence-electron chi connectivity index (χ3n) is 2.78. The molecule has 0 bridgehead atoms. The van der Waals surface area contributed by atoms with Gasteiger partial charge in [0, 0.05) is 32.0 Å². The molecule has 0 radical (unpaired) electrons. The van der Waals surface area contributed by atoms with E-state index in [9.17, 15) is 0 Å². The van der Waals surface area contributed by atoms with Crippen LogP contribution in [-0.4, -0.2) is 35.1 Å². The van der Waals surface area contributed by atoms with E-state index in [4.69, 9.17) is 5.73 Å². The first-order valence-corrected chi connectivity index (χ1v) is 5.74. The van der Waals surface area contributed by atoms with Gasteiger partial charge < -0.3 is 15.2 Å². The zero-order valence-corrected chi connectivity index (χ0v) is 10.1. The molecule has 1 unspecified atom stereocenters. The molecule has 3 nitrogen and oxygen atoms in total. The van der Waals surface area contributed by atoms with Crippen LogP contribution >= 0.6 is 0 Å². The van der Waals surface area contributed by atoms with Crippen molar-refractivity contribution < 1.29 is 0 Å². The summed E-state index contributed by atoms with van der Waals surface area (Å²) in [4.78, 5) is 2.37. The Morgan fingerprint density at radius 3 is 2.53 bits per heavy atom. The first-order valence-electron chi connectivity index (χ1n) is 5.74. The summed E-state index contributed by atoms with van der Waals surface area (Å²) in [5, 5.41) is 0. The molecule has 0 aliphatic rings. The Kier molecular flexibility index (Phi) is 4.85. The maximum atomic E-state index is 6.12. The summed E-state index contributed by atoms with van der Waals surface area (Å²) in [5.74, 6) is 0. The SMILES string of the molecule is CCN(CC)CC(N)Cc1ccn(C)c1. The second kappa shape index (κ2) is 5.93. The quantitative estimate of drug-likeness (QED) is 0.765. The second-order valence-electron chi connectivity index (χ2n) is 4.14. The fraction of sp³-hybridized carbons (Fsp3) is 0.667. The van der Waals surface area contributed by atoms with Gasteiger partial charge in [0.2, 0.25) is 0 Å². The molecule has 0 saturated carbocycles. The number of hydrogen-bond donors (Lipinski definition) is 1. The van der Waals surface area contributed by atoms with Gasteiger partial charge in [-0.1, -0.05) is 13.8 Å². The van der Waals surface area contributed by atoms with Crippen molar-refractivity contribution in [1.82, 2.24) is 9.47 Å². The van der Waals surface area contributed by atoms with Crippen molar-refractivity contribution >= 4 is 0 Å². The third kappa shape index (κ3) is 4.06. The highest BCUT2D eigenvalue weighted by Gasteiger charge is 2.08. The zero-order valence-electron chi connectivity index (χ0n) is 10.1. The van der Waals surface area contributed by atoms with Crippen LogP contribution < -0.4 is 5.73 Å². The Balaban J connectivity index is 2.38. The summed E-state index contributed by atoms with van der Waals surface area (Å²) in [6.45, 7) is 7.51. The lowest BCUT2D eigenvalue weighted by Crippen LogP contribution is -2.38. The Morgan fingerprint density at radius 2 is 2.07 bits per heavy atom. The van der Waals surface area contributed by atoms with Crippen LogP contribution in [0.2, 0.25) is 0 Å². The maximum Gasteiger partial charge on any atom is 0.0209 e. The van der Waals surface area contributed by atoms with E-state index < -0.39 is 0 Å². The second-order valence-corrected chi connectivity index (χ2v) is 4.14. The molecule has 3 heteroatoms. The summed E-state index contributed by atoms with van der Waals surface area (Å²) >= 11 is 0. The molecule has 0 amide bonds. The van der Waals surface area contributed by atoms with Crippen LogP contribution in [0.25, 0.3) is 0 Å². The van der Waals surface area contributed by atoms with Gasteiger partial charge in [0.1, 0.15) is 0 Å². The fourth-order valence-electron chi connectivity index (χ4n) is 1.86. The van der Waals surface area contributed by atoms with E-state index in [-0.39, 0.29) is 6.04 Å². The van der Waals surface area contributed by atoms with Gasteiger partial charge in [-0.15, -0.1) is 0 Å². The summed E-state index contributed by atoms with van der Waals surface area (Å²) < 4.78 is 2.07. The van der Waals surface area contributed by atoms with Gasteiger partial charge in [-0.05, 0) is 31.1 Å². The van der Waals surface area contributed by atoms with Gasteiger partial charge in [-0.25, -0.2) is 0 Å². The van der Waals surface area contributed by atoms with Crippen LogP contribution in [0.5, 0.6) is 0 Å². The zero-order chi connectivity index (χ0) is 11.3. The highest BCUT2D eigenvalue weighted by molar-refractivity contribution is 5.11. The van der Waals surface area contributed by atoms with E-state index in [0.717, 1.165) is 26.1 Å². The largest absolute Gasteiger partial charge is 0.357 e. The van der Waals surface area contributed by atoms with Gasteiger partial charge in [-0.2, -0.15) is 0 Å². The van der Waals surface area contributed by atoms with E-state index >= 15 is 0 Å². The van der Waals surface area contributed by atoms with Crippen LogP contribution in [0.4, 0.5) is 0 Å².